The molecule has 1 heterocycles. The van der Waals surface area contributed by atoms with Gasteiger partial charge < -0.3 is 25.0 Å². The molecule has 0 bridgehead atoms. The summed E-state index contributed by atoms with van der Waals surface area (Å²) in [4.78, 5) is 10.6. The molecular weight excluding hydrogens is 380 g/mol. The maximum Gasteiger partial charge on any atom is 0.387 e. The van der Waals surface area contributed by atoms with E-state index >= 15 is 0 Å². The summed E-state index contributed by atoms with van der Waals surface area (Å²) in [5.41, 5.74) is 1.38. The zero-order valence-corrected chi connectivity index (χ0v) is 17.1. The van der Waals surface area contributed by atoms with Crippen LogP contribution in [0.1, 0.15) is 18.2 Å². The first-order chi connectivity index (χ1) is 13.9. The third kappa shape index (κ3) is 6.78. The fourth-order valence-corrected chi connectivity index (χ4v) is 2.58. The van der Waals surface area contributed by atoms with Gasteiger partial charge in [0.05, 0.1) is 18.8 Å². The van der Waals surface area contributed by atoms with Gasteiger partial charge in [-0.3, -0.25) is 4.99 Å². The number of aromatic nitrogens is 1. The first kappa shape index (κ1) is 22.2. The molecule has 0 atom stereocenters. The minimum absolute atomic E-state index is 0.0210. The number of hydrogen-bond donors (Lipinski definition) is 2. The maximum absolute atomic E-state index is 12.8. The summed E-state index contributed by atoms with van der Waals surface area (Å²) in [7, 11) is 5.48. The monoisotopic (exact) mass is 407 g/mol. The molecule has 158 valence electrons. The zero-order valence-electron chi connectivity index (χ0n) is 17.1. The van der Waals surface area contributed by atoms with Gasteiger partial charge in [0.15, 0.2) is 17.5 Å². The minimum atomic E-state index is -2.94. The molecule has 0 aliphatic heterocycles. The van der Waals surface area contributed by atoms with Crippen LogP contribution in [0.2, 0.25) is 0 Å². The topological polar surface area (TPSA) is 71.0 Å². The van der Waals surface area contributed by atoms with Crippen LogP contribution < -0.4 is 25.0 Å². The molecule has 0 unspecified atom stereocenters. The van der Waals surface area contributed by atoms with Crippen molar-refractivity contribution >= 4 is 11.8 Å². The van der Waals surface area contributed by atoms with E-state index in [0.29, 0.717) is 24.7 Å². The van der Waals surface area contributed by atoms with Crippen molar-refractivity contribution in [2.75, 3.05) is 32.6 Å². The molecule has 1 aromatic carbocycles. The van der Waals surface area contributed by atoms with E-state index in [4.69, 9.17) is 4.74 Å². The molecule has 0 radical (unpaired) electrons. The Morgan fingerprint density at radius 1 is 1.14 bits per heavy atom. The summed E-state index contributed by atoms with van der Waals surface area (Å²) in [6.45, 7) is -0.127. The second-order valence-electron chi connectivity index (χ2n) is 6.22. The second kappa shape index (κ2) is 11.0. The van der Waals surface area contributed by atoms with Crippen LogP contribution in [0, 0.1) is 0 Å². The van der Waals surface area contributed by atoms with E-state index in [1.54, 1.807) is 32.2 Å². The van der Waals surface area contributed by atoms with E-state index in [0.717, 1.165) is 11.5 Å². The van der Waals surface area contributed by atoms with Gasteiger partial charge in [-0.05, 0) is 25.1 Å². The Bertz CT molecular complexity index is 815. The number of ether oxygens (including phenoxy) is 2. The Hall–Kier alpha value is -3.10. The van der Waals surface area contributed by atoms with Crippen LogP contribution in [-0.4, -0.2) is 45.3 Å². The molecule has 0 amide bonds. The summed E-state index contributed by atoms with van der Waals surface area (Å²) >= 11 is 0. The number of pyridine rings is 1. The first-order valence-corrected chi connectivity index (χ1v) is 9.21. The molecule has 0 saturated carbocycles. The molecule has 0 saturated heterocycles. The van der Waals surface area contributed by atoms with Crippen molar-refractivity contribution in [1.29, 1.82) is 0 Å². The number of aliphatic imine (C=N–C) groups is 1. The highest BCUT2D eigenvalue weighted by atomic mass is 19.3. The van der Waals surface area contributed by atoms with Crippen LogP contribution in [0.5, 0.6) is 11.5 Å². The summed E-state index contributed by atoms with van der Waals surface area (Å²) in [6.07, 6.45) is 0. The van der Waals surface area contributed by atoms with E-state index < -0.39 is 6.61 Å². The minimum Gasteiger partial charge on any atom is -0.490 e. The van der Waals surface area contributed by atoms with Gasteiger partial charge in [0.25, 0.3) is 0 Å². The lowest BCUT2D eigenvalue weighted by Gasteiger charge is -2.17. The lowest BCUT2D eigenvalue weighted by molar-refractivity contribution is -0.0520. The average molecular weight is 407 g/mol. The van der Waals surface area contributed by atoms with Gasteiger partial charge in [-0.15, -0.1) is 0 Å². The molecule has 1 aromatic heterocycles. The van der Waals surface area contributed by atoms with E-state index in [-0.39, 0.29) is 18.0 Å². The standard InChI is InChI=1S/C20H27F2N5O2/c1-5-28-16-10-6-8-14(18(16)29-19(21)22)12-24-20(23-2)25-13-15-9-7-11-17(26-15)27(3)4/h6-11,19H,5,12-13H2,1-4H3,(H2,23,24,25). The molecule has 0 fully saturated rings. The number of nitrogens with one attached hydrogen (secondary N) is 2. The van der Waals surface area contributed by atoms with Crippen LogP contribution >= 0.6 is 0 Å². The zero-order chi connectivity index (χ0) is 21.2. The highest BCUT2D eigenvalue weighted by Crippen LogP contribution is 2.32. The fourth-order valence-electron chi connectivity index (χ4n) is 2.58. The highest BCUT2D eigenvalue weighted by Gasteiger charge is 2.16. The summed E-state index contributed by atoms with van der Waals surface area (Å²) in [5, 5.41) is 6.26. The lowest BCUT2D eigenvalue weighted by atomic mass is 10.2. The van der Waals surface area contributed by atoms with Gasteiger partial charge in [0.2, 0.25) is 0 Å². The fraction of sp³-hybridized carbons (Fsp3) is 0.400. The van der Waals surface area contributed by atoms with Crippen molar-refractivity contribution in [2.24, 2.45) is 4.99 Å². The van der Waals surface area contributed by atoms with Gasteiger partial charge in [0.1, 0.15) is 5.82 Å². The Kier molecular flexibility index (Phi) is 8.45. The molecule has 0 aliphatic carbocycles. The Morgan fingerprint density at radius 3 is 2.52 bits per heavy atom. The van der Waals surface area contributed by atoms with Crippen molar-refractivity contribution in [3.63, 3.8) is 0 Å². The second-order valence-corrected chi connectivity index (χ2v) is 6.22. The molecular formula is C20H27F2N5O2. The maximum atomic E-state index is 12.8. The van der Waals surface area contributed by atoms with Crippen LogP contribution in [-0.2, 0) is 13.1 Å². The Balaban J connectivity index is 2.03. The number of halogens is 2. The molecule has 29 heavy (non-hydrogen) atoms. The number of benzene rings is 1. The molecule has 2 rings (SSSR count). The van der Waals surface area contributed by atoms with Gasteiger partial charge in [-0.2, -0.15) is 8.78 Å². The van der Waals surface area contributed by atoms with Gasteiger partial charge >= 0.3 is 6.61 Å². The predicted octanol–water partition coefficient (Wildman–Crippen LogP) is 3.01. The van der Waals surface area contributed by atoms with E-state index in [9.17, 15) is 8.78 Å². The van der Waals surface area contributed by atoms with E-state index in [1.165, 1.54) is 0 Å². The largest absolute Gasteiger partial charge is 0.490 e. The quantitative estimate of drug-likeness (QED) is 0.492. The number of hydrogen-bond acceptors (Lipinski definition) is 5. The smallest absolute Gasteiger partial charge is 0.387 e. The van der Waals surface area contributed by atoms with Crippen molar-refractivity contribution in [1.82, 2.24) is 15.6 Å². The first-order valence-electron chi connectivity index (χ1n) is 9.21. The van der Waals surface area contributed by atoms with Crippen molar-refractivity contribution in [3.05, 3.63) is 47.7 Å². The van der Waals surface area contributed by atoms with E-state index in [2.05, 4.69) is 25.3 Å². The molecule has 2 N–H and O–H groups in total. The highest BCUT2D eigenvalue weighted by molar-refractivity contribution is 5.79. The number of nitrogens with zero attached hydrogens (tertiary/aromatic N) is 3. The number of anilines is 1. The van der Waals surface area contributed by atoms with Crippen LogP contribution in [0.3, 0.4) is 0 Å². The Labute approximate surface area is 169 Å². The predicted molar refractivity (Wildman–Crippen MR) is 110 cm³/mol. The number of alkyl halides is 2. The van der Waals surface area contributed by atoms with Gasteiger partial charge in [-0.1, -0.05) is 18.2 Å². The molecule has 9 heteroatoms. The summed E-state index contributed by atoms with van der Waals surface area (Å²) < 4.78 is 35.8. The summed E-state index contributed by atoms with van der Waals surface area (Å²) in [6, 6.07) is 10.8. The SMILES string of the molecule is CCOc1cccc(CNC(=NC)NCc2cccc(N(C)C)n2)c1OC(F)F. The number of guanidine groups is 1. The van der Waals surface area contributed by atoms with Crippen LogP contribution in [0.15, 0.2) is 41.4 Å². The molecule has 2 aromatic rings. The average Bonchev–Trinajstić information content (AvgIpc) is 2.70. The summed E-state index contributed by atoms with van der Waals surface area (Å²) in [5.74, 6) is 1.66. The van der Waals surface area contributed by atoms with E-state index in [1.807, 2.05) is 37.2 Å². The van der Waals surface area contributed by atoms with Crippen molar-refractivity contribution in [2.45, 2.75) is 26.6 Å². The number of rotatable bonds is 9. The van der Waals surface area contributed by atoms with Gasteiger partial charge in [0, 0.05) is 33.3 Å². The third-order valence-electron chi connectivity index (χ3n) is 3.92. The number of para-hydroxylation sites is 1. The Morgan fingerprint density at radius 2 is 1.86 bits per heavy atom. The normalized spacial score (nSPS) is 11.3. The molecule has 7 nitrogen and oxygen atoms in total. The van der Waals surface area contributed by atoms with Crippen LogP contribution in [0.25, 0.3) is 0 Å². The third-order valence-corrected chi connectivity index (χ3v) is 3.92. The van der Waals surface area contributed by atoms with Crippen molar-refractivity contribution in [3.8, 4) is 11.5 Å². The molecule has 0 spiro atoms. The van der Waals surface area contributed by atoms with Crippen molar-refractivity contribution < 1.29 is 18.3 Å². The lowest BCUT2D eigenvalue weighted by Crippen LogP contribution is -2.36. The molecule has 0 aliphatic rings. The van der Waals surface area contributed by atoms with Gasteiger partial charge in [-0.25, -0.2) is 4.98 Å². The van der Waals surface area contributed by atoms with Crippen LogP contribution in [0.4, 0.5) is 14.6 Å².